The molecule has 0 unspecified atom stereocenters. The zero-order valence-corrected chi connectivity index (χ0v) is 10.1. The highest BCUT2D eigenvalue weighted by Crippen LogP contribution is 2.36. The van der Waals surface area contributed by atoms with Gasteiger partial charge in [0, 0.05) is 11.8 Å². The van der Waals surface area contributed by atoms with Crippen molar-refractivity contribution in [1.82, 2.24) is 9.97 Å². The van der Waals surface area contributed by atoms with Gasteiger partial charge in [-0.3, -0.25) is 4.98 Å². The van der Waals surface area contributed by atoms with Gasteiger partial charge in [-0.1, -0.05) is 6.07 Å². The fourth-order valence-corrected chi connectivity index (χ4v) is 2.51. The van der Waals surface area contributed by atoms with Crippen LogP contribution in [0.5, 0.6) is 5.75 Å². The Hall–Kier alpha value is -1.94. The Morgan fingerprint density at radius 3 is 2.82 bits per heavy atom. The lowest BCUT2D eigenvalue weighted by Crippen LogP contribution is -1.90. The summed E-state index contributed by atoms with van der Waals surface area (Å²) in [6.45, 7) is 0. The van der Waals surface area contributed by atoms with Crippen LogP contribution in [0.4, 0.5) is 0 Å². The predicted molar refractivity (Wildman–Crippen MR) is 69.4 cm³/mol. The summed E-state index contributed by atoms with van der Waals surface area (Å²) in [7, 11) is 1.67. The molecule has 3 aromatic rings. The molecule has 0 bridgehead atoms. The molecule has 1 aromatic carbocycles. The molecule has 0 saturated carbocycles. The van der Waals surface area contributed by atoms with Gasteiger partial charge in [0.1, 0.15) is 5.52 Å². The summed E-state index contributed by atoms with van der Waals surface area (Å²) in [6.07, 6.45) is 1.78. The Morgan fingerprint density at radius 2 is 2.06 bits per heavy atom. The maximum Gasteiger partial charge on any atom is 0.155 e. The molecule has 0 aliphatic heterocycles. The highest BCUT2D eigenvalue weighted by molar-refractivity contribution is 7.16. The van der Waals surface area contributed by atoms with E-state index in [2.05, 4.69) is 16.0 Å². The minimum atomic E-state index is 0.794. The summed E-state index contributed by atoms with van der Waals surface area (Å²) in [4.78, 5) is 8.69. The Labute approximate surface area is 103 Å². The Balaban J connectivity index is 2.29. The molecule has 0 spiro atoms. The molecule has 0 amide bonds. The SMILES string of the molecule is COc1c(-c2ccccn2)ccc2scnc12. The Morgan fingerprint density at radius 1 is 1.12 bits per heavy atom. The van der Waals surface area contributed by atoms with Gasteiger partial charge < -0.3 is 4.74 Å². The molecular formula is C13H10N2OS. The second-order valence-corrected chi connectivity index (χ2v) is 4.45. The lowest BCUT2D eigenvalue weighted by molar-refractivity contribution is 0.420. The lowest BCUT2D eigenvalue weighted by Gasteiger charge is -2.08. The van der Waals surface area contributed by atoms with E-state index >= 15 is 0 Å². The quantitative estimate of drug-likeness (QED) is 0.691. The molecule has 0 radical (unpaired) electrons. The Bertz CT molecular complexity index is 649. The maximum atomic E-state index is 5.48. The summed E-state index contributed by atoms with van der Waals surface area (Å²) in [5, 5.41) is 0. The molecule has 0 aliphatic rings. The van der Waals surface area contributed by atoms with Crippen molar-refractivity contribution in [2.45, 2.75) is 0 Å². The van der Waals surface area contributed by atoms with Crippen LogP contribution >= 0.6 is 11.3 Å². The highest BCUT2D eigenvalue weighted by Gasteiger charge is 2.12. The number of aromatic nitrogens is 2. The van der Waals surface area contributed by atoms with Gasteiger partial charge in [0.15, 0.2) is 5.75 Å². The van der Waals surface area contributed by atoms with Crippen molar-refractivity contribution in [2.24, 2.45) is 0 Å². The van der Waals surface area contributed by atoms with Crippen LogP contribution in [0.3, 0.4) is 0 Å². The molecule has 0 fully saturated rings. The average Bonchev–Trinajstić information content (AvgIpc) is 2.86. The van der Waals surface area contributed by atoms with Crippen molar-refractivity contribution in [1.29, 1.82) is 0 Å². The molecule has 0 atom stereocenters. The minimum absolute atomic E-state index is 0.794. The van der Waals surface area contributed by atoms with Crippen molar-refractivity contribution in [3.8, 4) is 17.0 Å². The van der Waals surface area contributed by atoms with Crippen LogP contribution in [-0.2, 0) is 0 Å². The van der Waals surface area contributed by atoms with E-state index in [1.807, 2.05) is 29.8 Å². The number of methoxy groups -OCH3 is 1. The molecule has 2 aromatic heterocycles. The zero-order valence-electron chi connectivity index (χ0n) is 9.25. The van der Waals surface area contributed by atoms with E-state index in [9.17, 15) is 0 Å². The summed E-state index contributed by atoms with van der Waals surface area (Å²) in [6, 6.07) is 9.92. The van der Waals surface area contributed by atoms with Crippen molar-refractivity contribution >= 4 is 21.6 Å². The van der Waals surface area contributed by atoms with Crippen molar-refractivity contribution < 1.29 is 4.74 Å². The lowest BCUT2D eigenvalue weighted by atomic mass is 10.1. The number of pyridine rings is 1. The second kappa shape index (κ2) is 4.14. The van der Waals surface area contributed by atoms with Crippen LogP contribution in [0.2, 0.25) is 0 Å². The monoisotopic (exact) mass is 242 g/mol. The number of hydrogen-bond donors (Lipinski definition) is 0. The van der Waals surface area contributed by atoms with Crippen molar-refractivity contribution in [3.63, 3.8) is 0 Å². The van der Waals surface area contributed by atoms with Gasteiger partial charge in [0.05, 0.1) is 23.0 Å². The molecule has 84 valence electrons. The number of nitrogens with zero attached hydrogens (tertiary/aromatic N) is 2. The molecule has 4 heteroatoms. The van der Waals surface area contributed by atoms with Crippen LogP contribution in [-0.4, -0.2) is 17.1 Å². The van der Waals surface area contributed by atoms with E-state index in [0.717, 1.165) is 27.2 Å². The first-order valence-corrected chi connectivity index (χ1v) is 6.09. The summed E-state index contributed by atoms with van der Waals surface area (Å²) in [5.74, 6) is 0.794. The van der Waals surface area contributed by atoms with Gasteiger partial charge in [-0.25, -0.2) is 4.98 Å². The molecule has 3 nitrogen and oxygen atoms in total. The van der Waals surface area contributed by atoms with Gasteiger partial charge in [-0.2, -0.15) is 0 Å². The molecule has 0 saturated heterocycles. The Kier molecular flexibility index (Phi) is 2.49. The number of thiazole rings is 1. The predicted octanol–water partition coefficient (Wildman–Crippen LogP) is 3.37. The fourth-order valence-electron chi connectivity index (χ4n) is 1.84. The molecule has 0 N–H and O–H groups in total. The summed E-state index contributed by atoms with van der Waals surface area (Å²) in [5.41, 5.74) is 4.61. The third kappa shape index (κ3) is 1.66. The van der Waals surface area contributed by atoms with Crippen molar-refractivity contribution in [3.05, 3.63) is 42.0 Å². The normalized spacial score (nSPS) is 10.6. The van der Waals surface area contributed by atoms with E-state index in [1.54, 1.807) is 24.6 Å². The van der Waals surface area contributed by atoms with Gasteiger partial charge in [-0.15, -0.1) is 11.3 Å². The van der Waals surface area contributed by atoms with E-state index < -0.39 is 0 Å². The number of rotatable bonds is 2. The topological polar surface area (TPSA) is 35.0 Å². The average molecular weight is 242 g/mol. The first-order chi connectivity index (χ1) is 8.40. The highest BCUT2D eigenvalue weighted by atomic mass is 32.1. The third-order valence-corrected chi connectivity index (χ3v) is 3.40. The zero-order chi connectivity index (χ0) is 11.7. The number of fused-ring (bicyclic) bond motifs is 1. The van der Waals surface area contributed by atoms with Crippen LogP contribution < -0.4 is 4.74 Å². The van der Waals surface area contributed by atoms with E-state index in [1.165, 1.54) is 0 Å². The number of hydrogen-bond acceptors (Lipinski definition) is 4. The second-order valence-electron chi connectivity index (χ2n) is 3.56. The third-order valence-electron chi connectivity index (χ3n) is 2.60. The first-order valence-electron chi connectivity index (χ1n) is 5.22. The molecule has 3 rings (SSSR count). The fraction of sp³-hybridized carbons (Fsp3) is 0.0769. The van der Waals surface area contributed by atoms with Crippen LogP contribution in [0, 0.1) is 0 Å². The number of ether oxygens (including phenoxy) is 1. The summed E-state index contributed by atoms with van der Waals surface area (Å²) >= 11 is 1.61. The van der Waals surface area contributed by atoms with Gasteiger partial charge in [0.2, 0.25) is 0 Å². The van der Waals surface area contributed by atoms with Crippen molar-refractivity contribution in [2.75, 3.05) is 7.11 Å². The molecule has 2 heterocycles. The molecular weight excluding hydrogens is 232 g/mol. The van der Waals surface area contributed by atoms with E-state index in [-0.39, 0.29) is 0 Å². The minimum Gasteiger partial charge on any atom is -0.494 e. The van der Waals surface area contributed by atoms with E-state index in [4.69, 9.17) is 4.74 Å². The summed E-state index contributed by atoms with van der Waals surface area (Å²) < 4.78 is 6.60. The van der Waals surface area contributed by atoms with E-state index in [0.29, 0.717) is 0 Å². The smallest absolute Gasteiger partial charge is 0.155 e. The maximum absolute atomic E-state index is 5.48. The first kappa shape index (κ1) is 10.2. The van der Waals surface area contributed by atoms with Crippen LogP contribution in [0.1, 0.15) is 0 Å². The number of benzene rings is 1. The largest absolute Gasteiger partial charge is 0.494 e. The van der Waals surface area contributed by atoms with Gasteiger partial charge >= 0.3 is 0 Å². The standard InChI is InChI=1S/C13H10N2OS/c1-16-13-9(10-4-2-3-7-14-10)5-6-11-12(13)15-8-17-11/h2-8H,1H3. The molecule has 17 heavy (non-hydrogen) atoms. The van der Waals surface area contributed by atoms with Gasteiger partial charge in [-0.05, 0) is 24.3 Å². The van der Waals surface area contributed by atoms with Crippen LogP contribution in [0.15, 0.2) is 42.0 Å². The van der Waals surface area contributed by atoms with Gasteiger partial charge in [0.25, 0.3) is 0 Å². The molecule has 0 aliphatic carbocycles. The van der Waals surface area contributed by atoms with Crippen LogP contribution in [0.25, 0.3) is 21.5 Å².